The van der Waals surface area contributed by atoms with Crippen molar-refractivity contribution in [3.05, 3.63) is 65.2 Å². The predicted molar refractivity (Wildman–Crippen MR) is 90.4 cm³/mol. The number of aromatic hydroxyl groups is 1. The molecule has 0 aliphatic rings. The van der Waals surface area contributed by atoms with E-state index in [1.54, 1.807) is 0 Å². The van der Waals surface area contributed by atoms with Gasteiger partial charge in [0.15, 0.2) is 5.75 Å². The highest BCUT2D eigenvalue weighted by Crippen LogP contribution is 2.40. The van der Waals surface area contributed by atoms with Gasteiger partial charge in [-0.15, -0.1) is 5.11 Å². The maximum absolute atomic E-state index is 10.6. The summed E-state index contributed by atoms with van der Waals surface area (Å²) >= 11 is 0. The molecule has 0 unspecified atom stereocenters. The molecular weight excluding hydrogens is 272 g/mol. The Bertz CT molecular complexity index is 882. The van der Waals surface area contributed by atoms with Crippen molar-refractivity contribution in [3.63, 3.8) is 0 Å². The summed E-state index contributed by atoms with van der Waals surface area (Å²) in [5.41, 5.74) is 4.34. The smallest absolute Gasteiger partial charge is 0.151 e. The average Bonchev–Trinajstić information content (AvgIpc) is 2.48. The third kappa shape index (κ3) is 2.46. The number of fused-ring (bicyclic) bond motifs is 1. The van der Waals surface area contributed by atoms with E-state index < -0.39 is 0 Å². The second kappa shape index (κ2) is 5.60. The minimum atomic E-state index is 0.199. The van der Waals surface area contributed by atoms with Crippen molar-refractivity contribution in [2.75, 3.05) is 0 Å². The van der Waals surface area contributed by atoms with Crippen LogP contribution in [0.4, 0.5) is 11.4 Å². The van der Waals surface area contributed by atoms with Gasteiger partial charge in [0.25, 0.3) is 0 Å². The van der Waals surface area contributed by atoms with Gasteiger partial charge in [0.1, 0.15) is 5.69 Å². The lowest BCUT2D eigenvalue weighted by Gasteiger charge is -2.09. The number of aryl methyl sites for hydroxylation is 3. The summed E-state index contributed by atoms with van der Waals surface area (Å²) in [5, 5.41) is 21.1. The normalized spacial score (nSPS) is 11.4. The summed E-state index contributed by atoms with van der Waals surface area (Å²) in [5.74, 6) is 0.199. The molecule has 110 valence electrons. The van der Waals surface area contributed by atoms with E-state index in [1.807, 2.05) is 69.3 Å². The highest BCUT2D eigenvalue weighted by molar-refractivity contribution is 5.96. The van der Waals surface area contributed by atoms with Gasteiger partial charge in [0.2, 0.25) is 0 Å². The second-order valence-corrected chi connectivity index (χ2v) is 5.55. The summed E-state index contributed by atoms with van der Waals surface area (Å²) in [6.45, 7) is 5.92. The summed E-state index contributed by atoms with van der Waals surface area (Å²) < 4.78 is 0. The molecule has 0 radical (unpaired) electrons. The molecule has 0 atom stereocenters. The maximum atomic E-state index is 10.6. The van der Waals surface area contributed by atoms with Crippen LogP contribution in [-0.4, -0.2) is 5.11 Å². The topological polar surface area (TPSA) is 45.0 Å². The fourth-order valence-electron chi connectivity index (χ4n) is 2.65. The minimum Gasteiger partial charge on any atom is -0.505 e. The first-order valence-corrected chi connectivity index (χ1v) is 7.27. The number of benzene rings is 3. The first-order valence-electron chi connectivity index (χ1n) is 7.27. The average molecular weight is 290 g/mol. The Kier molecular flexibility index (Phi) is 3.63. The van der Waals surface area contributed by atoms with Crippen molar-refractivity contribution in [2.45, 2.75) is 20.8 Å². The molecule has 0 aromatic heterocycles. The van der Waals surface area contributed by atoms with Crippen LogP contribution in [0, 0.1) is 20.8 Å². The number of rotatable bonds is 2. The molecule has 3 aromatic rings. The van der Waals surface area contributed by atoms with Crippen LogP contribution in [0.5, 0.6) is 5.75 Å². The lowest BCUT2D eigenvalue weighted by molar-refractivity contribution is 0.482. The largest absolute Gasteiger partial charge is 0.505 e. The van der Waals surface area contributed by atoms with Crippen molar-refractivity contribution < 1.29 is 5.11 Å². The van der Waals surface area contributed by atoms with E-state index in [0.717, 1.165) is 33.2 Å². The molecule has 3 rings (SSSR count). The zero-order chi connectivity index (χ0) is 15.7. The number of hydrogen-bond acceptors (Lipinski definition) is 3. The summed E-state index contributed by atoms with van der Waals surface area (Å²) in [4.78, 5) is 0. The lowest BCUT2D eigenvalue weighted by Crippen LogP contribution is -1.83. The summed E-state index contributed by atoms with van der Waals surface area (Å²) in [6.07, 6.45) is 0. The van der Waals surface area contributed by atoms with E-state index in [4.69, 9.17) is 0 Å². The molecule has 0 aliphatic carbocycles. The Hall–Kier alpha value is -2.68. The van der Waals surface area contributed by atoms with Gasteiger partial charge in [0.05, 0.1) is 5.69 Å². The van der Waals surface area contributed by atoms with Gasteiger partial charge in [0, 0.05) is 5.39 Å². The van der Waals surface area contributed by atoms with E-state index in [9.17, 15) is 5.11 Å². The van der Waals surface area contributed by atoms with Gasteiger partial charge >= 0.3 is 0 Å². The van der Waals surface area contributed by atoms with Crippen molar-refractivity contribution in [1.82, 2.24) is 0 Å². The van der Waals surface area contributed by atoms with Crippen LogP contribution >= 0.6 is 0 Å². The van der Waals surface area contributed by atoms with E-state index in [1.165, 1.54) is 0 Å². The Morgan fingerprint density at radius 1 is 0.773 bits per heavy atom. The molecule has 3 heteroatoms. The van der Waals surface area contributed by atoms with Gasteiger partial charge in [-0.05, 0) is 55.0 Å². The van der Waals surface area contributed by atoms with Gasteiger partial charge in [-0.3, -0.25) is 0 Å². The molecule has 3 aromatic carbocycles. The highest BCUT2D eigenvalue weighted by atomic mass is 16.3. The zero-order valence-corrected chi connectivity index (χ0v) is 13.0. The van der Waals surface area contributed by atoms with Gasteiger partial charge < -0.3 is 5.11 Å². The number of hydrogen-bond donors (Lipinski definition) is 1. The molecule has 0 heterocycles. The Balaban J connectivity index is 2.15. The Morgan fingerprint density at radius 2 is 1.50 bits per heavy atom. The second-order valence-electron chi connectivity index (χ2n) is 5.55. The third-order valence-electron chi connectivity index (χ3n) is 3.88. The molecule has 0 bridgehead atoms. The number of nitrogens with zero attached hydrogens (tertiary/aromatic N) is 2. The molecule has 0 amide bonds. The molecular formula is C19H18N2O. The van der Waals surface area contributed by atoms with E-state index in [2.05, 4.69) is 10.2 Å². The molecule has 0 saturated heterocycles. The standard InChI is InChI=1S/C19H18N2O/c1-12-7-4-5-10-16(12)20-21-18-14(3)11-15-9-6-8-13(2)17(15)19(18)22/h4-11,22H,1-3H3. The molecule has 0 saturated carbocycles. The highest BCUT2D eigenvalue weighted by Gasteiger charge is 2.11. The zero-order valence-electron chi connectivity index (χ0n) is 13.0. The van der Waals surface area contributed by atoms with Crippen molar-refractivity contribution in [1.29, 1.82) is 0 Å². The van der Waals surface area contributed by atoms with Crippen LogP contribution in [0.2, 0.25) is 0 Å². The molecule has 22 heavy (non-hydrogen) atoms. The first-order chi connectivity index (χ1) is 10.6. The number of azo groups is 1. The van der Waals surface area contributed by atoms with Crippen LogP contribution in [0.1, 0.15) is 16.7 Å². The van der Waals surface area contributed by atoms with Crippen molar-refractivity contribution in [3.8, 4) is 5.75 Å². The molecule has 0 aliphatic heterocycles. The molecule has 0 spiro atoms. The van der Waals surface area contributed by atoms with Crippen LogP contribution in [-0.2, 0) is 0 Å². The lowest BCUT2D eigenvalue weighted by atomic mass is 10.0. The molecule has 3 nitrogen and oxygen atoms in total. The van der Waals surface area contributed by atoms with Crippen molar-refractivity contribution >= 4 is 22.1 Å². The molecule has 0 fully saturated rings. The summed E-state index contributed by atoms with van der Waals surface area (Å²) in [7, 11) is 0. The number of phenols is 1. The Morgan fingerprint density at radius 3 is 2.27 bits per heavy atom. The first kappa shape index (κ1) is 14.3. The van der Waals surface area contributed by atoms with Crippen LogP contribution in [0.25, 0.3) is 10.8 Å². The predicted octanol–water partition coefficient (Wildman–Crippen LogP) is 5.89. The summed E-state index contributed by atoms with van der Waals surface area (Å²) in [6, 6.07) is 15.8. The van der Waals surface area contributed by atoms with Crippen LogP contribution in [0.15, 0.2) is 58.8 Å². The SMILES string of the molecule is Cc1ccccc1N=Nc1c(C)cc2cccc(C)c2c1O. The van der Waals surface area contributed by atoms with Crippen molar-refractivity contribution in [2.24, 2.45) is 10.2 Å². The van der Waals surface area contributed by atoms with E-state index >= 15 is 0 Å². The quantitative estimate of drug-likeness (QED) is 0.588. The Labute approximate surface area is 130 Å². The van der Waals surface area contributed by atoms with E-state index in [-0.39, 0.29) is 5.75 Å². The monoisotopic (exact) mass is 290 g/mol. The fourth-order valence-corrected chi connectivity index (χ4v) is 2.65. The van der Waals surface area contributed by atoms with Gasteiger partial charge in [-0.1, -0.05) is 36.4 Å². The molecule has 1 N–H and O–H groups in total. The third-order valence-corrected chi connectivity index (χ3v) is 3.88. The van der Waals surface area contributed by atoms with Gasteiger partial charge in [-0.2, -0.15) is 5.11 Å². The number of phenolic OH excluding ortho intramolecular Hbond substituents is 1. The van der Waals surface area contributed by atoms with Crippen LogP contribution in [0.3, 0.4) is 0 Å². The van der Waals surface area contributed by atoms with E-state index in [0.29, 0.717) is 5.69 Å². The van der Waals surface area contributed by atoms with Crippen LogP contribution < -0.4 is 0 Å². The van der Waals surface area contributed by atoms with Gasteiger partial charge in [-0.25, -0.2) is 0 Å². The fraction of sp³-hybridized carbons (Fsp3) is 0.158. The maximum Gasteiger partial charge on any atom is 0.151 e. The minimum absolute atomic E-state index is 0.199.